The molecule has 2 aromatic rings. The summed E-state index contributed by atoms with van der Waals surface area (Å²) in [5.41, 5.74) is -0.388. The fourth-order valence-electron chi connectivity index (χ4n) is 1.83. The van der Waals surface area contributed by atoms with E-state index in [1.54, 1.807) is 25.3 Å². The first-order valence-corrected chi connectivity index (χ1v) is 7.70. The average molecular weight is 313 g/mol. The van der Waals surface area contributed by atoms with Gasteiger partial charge in [0.25, 0.3) is 10.0 Å². The smallest absolute Gasteiger partial charge is 0.340 e. The molecule has 0 saturated carbocycles. The van der Waals surface area contributed by atoms with Crippen molar-refractivity contribution in [3.8, 4) is 0 Å². The highest BCUT2D eigenvalue weighted by Gasteiger charge is 2.26. The van der Waals surface area contributed by atoms with Crippen LogP contribution in [0.15, 0.2) is 34.0 Å². The number of hydrogen-bond donors (Lipinski definition) is 3. The zero-order valence-corrected chi connectivity index (χ0v) is 12.1. The number of hydrogen-bond acceptors (Lipinski definition) is 5. The standard InChI is InChI=1S/C12H15N3O5S/c1-8(4-5-9-3-2-6-20-9)15-21(18,19)11-10(12(16)17)7-13-14-11/h2-3,6-8,15H,4-5H2,1H3,(H,13,14)(H,16,17). The highest BCUT2D eigenvalue weighted by Crippen LogP contribution is 2.13. The molecule has 0 spiro atoms. The monoisotopic (exact) mass is 313 g/mol. The van der Waals surface area contributed by atoms with E-state index in [1.165, 1.54) is 0 Å². The highest BCUT2D eigenvalue weighted by molar-refractivity contribution is 7.89. The minimum atomic E-state index is -3.96. The number of aromatic nitrogens is 2. The van der Waals surface area contributed by atoms with E-state index in [1.807, 2.05) is 0 Å². The number of nitrogens with zero attached hydrogens (tertiary/aromatic N) is 1. The largest absolute Gasteiger partial charge is 0.478 e. The minimum Gasteiger partial charge on any atom is -0.478 e. The molecule has 9 heteroatoms. The summed E-state index contributed by atoms with van der Waals surface area (Å²) in [4.78, 5) is 10.9. The first-order chi connectivity index (χ1) is 9.90. The lowest BCUT2D eigenvalue weighted by Crippen LogP contribution is -2.34. The topological polar surface area (TPSA) is 125 Å². The minimum absolute atomic E-state index is 0.384. The molecule has 2 heterocycles. The summed E-state index contributed by atoms with van der Waals surface area (Å²) in [7, 11) is -3.96. The fourth-order valence-corrected chi connectivity index (χ4v) is 3.20. The van der Waals surface area contributed by atoms with Gasteiger partial charge in [-0.25, -0.2) is 17.9 Å². The number of rotatable bonds is 7. The van der Waals surface area contributed by atoms with Crippen LogP contribution in [-0.2, 0) is 16.4 Å². The summed E-state index contributed by atoms with van der Waals surface area (Å²) in [5, 5.41) is 14.1. The molecule has 0 bridgehead atoms. The van der Waals surface area contributed by atoms with Gasteiger partial charge in [-0.3, -0.25) is 5.10 Å². The number of sulfonamides is 1. The van der Waals surface area contributed by atoms with E-state index in [2.05, 4.69) is 14.9 Å². The van der Waals surface area contributed by atoms with Crippen LogP contribution in [-0.4, -0.2) is 35.7 Å². The number of carboxylic acid groups (broad SMARTS) is 1. The molecule has 2 rings (SSSR count). The van der Waals surface area contributed by atoms with Gasteiger partial charge in [0.1, 0.15) is 11.3 Å². The van der Waals surface area contributed by atoms with Crippen molar-refractivity contribution in [2.45, 2.75) is 30.8 Å². The van der Waals surface area contributed by atoms with Crippen molar-refractivity contribution in [1.29, 1.82) is 0 Å². The van der Waals surface area contributed by atoms with Crippen LogP contribution in [0.5, 0.6) is 0 Å². The number of carbonyl (C=O) groups is 1. The molecule has 0 amide bonds. The van der Waals surface area contributed by atoms with Crippen LogP contribution in [0.25, 0.3) is 0 Å². The lowest BCUT2D eigenvalue weighted by Gasteiger charge is -2.13. The Kier molecular flexibility index (Phi) is 4.43. The van der Waals surface area contributed by atoms with Crippen molar-refractivity contribution >= 4 is 16.0 Å². The summed E-state index contributed by atoms with van der Waals surface area (Å²) in [6, 6.07) is 3.18. The lowest BCUT2D eigenvalue weighted by molar-refractivity contribution is 0.0692. The lowest BCUT2D eigenvalue weighted by atomic mass is 10.2. The van der Waals surface area contributed by atoms with Crippen LogP contribution >= 0.6 is 0 Å². The summed E-state index contributed by atoms with van der Waals surface area (Å²) in [6.07, 6.45) is 3.60. The Bertz CT molecular complexity index is 705. The summed E-state index contributed by atoms with van der Waals surface area (Å²) in [6.45, 7) is 1.69. The van der Waals surface area contributed by atoms with Crippen LogP contribution in [0, 0.1) is 0 Å². The van der Waals surface area contributed by atoms with Crippen LogP contribution in [0.3, 0.4) is 0 Å². The first kappa shape index (κ1) is 15.3. The van der Waals surface area contributed by atoms with Crippen LogP contribution < -0.4 is 4.72 Å². The zero-order valence-electron chi connectivity index (χ0n) is 11.2. The Morgan fingerprint density at radius 2 is 2.33 bits per heavy atom. The van der Waals surface area contributed by atoms with Gasteiger partial charge in [0.2, 0.25) is 0 Å². The first-order valence-electron chi connectivity index (χ1n) is 6.21. The number of furan rings is 1. The number of nitrogens with one attached hydrogen (secondary N) is 2. The Hall–Kier alpha value is -2.13. The predicted octanol–water partition coefficient (Wildman–Crippen LogP) is 1.00. The van der Waals surface area contributed by atoms with Crippen molar-refractivity contribution in [1.82, 2.24) is 14.9 Å². The molecule has 3 N–H and O–H groups in total. The normalized spacial score (nSPS) is 13.2. The van der Waals surface area contributed by atoms with Crippen LogP contribution in [0.4, 0.5) is 0 Å². The van der Waals surface area contributed by atoms with Crippen LogP contribution in [0.1, 0.15) is 29.5 Å². The van der Waals surface area contributed by atoms with Gasteiger partial charge in [-0.05, 0) is 25.5 Å². The molecule has 0 fully saturated rings. The van der Waals surface area contributed by atoms with Crippen LogP contribution in [0.2, 0.25) is 0 Å². The van der Waals surface area contributed by atoms with E-state index in [0.29, 0.717) is 12.8 Å². The summed E-state index contributed by atoms with van der Waals surface area (Å²) < 4.78 is 31.8. The van der Waals surface area contributed by atoms with Gasteiger partial charge in [0, 0.05) is 12.5 Å². The van der Waals surface area contributed by atoms with Gasteiger partial charge >= 0.3 is 5.97 Å². The third kappa shape index (κ3) is 3.70. The quantitative estimate of drug-likeness (QED) is 0.700. The summed E-state index contributed by atoms with van der Waals surface area (Å²) in [5.74, 6) is -0.596. The molecule has 2 aromatic heterocycles. The SMILES string of the molecule is CC(CCc1ccco1)NS(=O)(=O)c1[nH]ncc1C(=O)O. The number of aromatic amines is 1. The molecule has 0 aliphatic heterocycles. The van der Waals surface area contributed by atoms with Crippen molar-refractivity contribution in [3.05, 3.63) is 35.9 Å². The number of aryl methyl sites for hydroxylation is 1. The molecule has 0 saturated heterocycles. The molecule has 0 aromatic carbocycles. The zero-order chi connectivity index (χ0) is 15.5. The molecule has 114 valence electrons. The molecule has 0 aliphatic rings. The molecule has 1 atom stereocenters. The van der Waals surface area contributed by atoms with Crippen molar-refractivity contribution in [2.75, 3.05) is 0 Å². The Morgan fingerprint density at radius 1 is 1.57 bits per heavy atom. The van der Waals surface area contributed by atoms with Crippen molar-refractivity contribution in [3.63, 3.8) is 0 Å². The second kappa shape index (κ2) is 6.10. The molecule has 21 heavy (non-hydrogen) atoms. The van der Waals surface area contributed by atoms with E-state index in [4.69, 9.17) is 9.52 Å². The van der Waals surface area contributed by atoms with E-state index in [9.17, 15) is 13.2 Å². The van der Waals surface area contributed by atoms with Gasteiger partial charge in [0.05, 0.1) is 12.5 Å². The summed E-state index contributed by atoms with van der Waals surface area (Å²) >= 11 is 0. The number of carboxylic acids is 1. The highest BCUT2D eigenvalue weighted by atomic mass is 32.2. The van der Waals surface area contributed by atoms with Gasteiger partial charge in [-0.2, -0.15) is 5.10 Å². The Balaban J connectivity index is 2.03. The fraction of sp³-hybridized carbons (Fsp3) is 0.333. The Labute approximate surface area is 121 Å². The van der Waals surface area contributed by atoms with E-state index >= 15 is 0 Å². The van der Waals surface area contributed by atoms with Gasteiger partial charge in [0.15, 0.2) is 5.03 Å². The van der Waals surface area contributed by atoms with E-state index in [-0.39, 0.29) is 11.6 Å². The molecule has 0 radical (unpaired) electrons. The van der Waals surface area contributed by atoms with Gasteiger partial charge < -0.3 is 9.52 Å². The molecule has 8 nitrogen and oxygen atoms in total. The Morgan fingerprint density at radius 3 is 2.95 bits per heavy atom. The third-order valence-corrected chi connectivity index (χ3v) is 4.43. The maximum Gasteiger partial charge on any atom is 0.340 e. The van der Waals surface area contributed by atoms with Crippen molar-refractivity contribution < 1.29 is 22.7 Å². The maximum atomic E-state index is 12.1. The van der Waals surface area contributed by atoms with Crippen molar-refractivity contribution in [2.24, 2.45) is 0 Å². The van der Waals surface area contributed by atoms with Gasteiger partial charge in [-0.1, -0.05) is 0 Å². The molecular weight excluding hydrogens is 298 g/mol. The second-order valence-electron chi connectivity index (χ2n) is 4.56. The van der Waals surface area contributed by atoms with Gasteiger partial charge in [-0.15, -0.1) is 0 Å². The molecule has 1 unspecified atom stereocenters. The average Bonchev–Trinajstić information content (AvgIpc) is 3.07. The predicted molar refractivity (Wildman–Crippen MR) is 72.4 cm³/mol. The van der Waals surface area contributed by atoms with E-state index < -0.39 is 21.0 Å². The molecule has 0 aliphatic carbocycles. The number of H-pyrrole nitrogens is 1. The maximum absolute atomic E-state index is 12.1. The third-order valence-electron chi connectivity index (χ3n) is 2.86. The second-order valence-corrected chi connectivity index (χ2v) is 6.21. The number of aromatic carboxylic acids is 1. The molecular formula is C12H15N3O5S. The van der Waals surface area contributed by atoms with E-state index in [0.717, 1.165) is 12.0 Å².